The van der Waals surface area contributed by atoms with Crippen LogP contribution < -0.4 is 0 Å². The van der Waals surface area contributed by atoms with Crippen molar-refractivity contribution in [1.29, 1.82) is 0 Å². The Morgan fingerprint density at radius 3 is 2.93 bits per heavy atom. The summed E-state index contributed by atoms with van der Waals surface area (Å²) in [6, 6.07) is 0. The lowest BCUT2D eigenvalue weighted by molar-refractivity contribution is -0.0415. The molecule has 0 saturated carbocycles. The molecule has 1 aliphatic heterocycles. The molecule has 0 aromatic carbocycles. The van der Waals surface area contributed by atoms with Gasteiger partial charge in [-0.3, -0.25) is 0 Å². The number of rotatable bonds is 2. The van der Waals surface area contributed by atoms with E-state index in [4.69, 9.17) is 4.74 Å². The quantitative estimate of drug-likeness (QED) is 0.825. The summed E-state index contributed by atoms with van der Waals surface area (Å²) in [5.74, 6) is 0.465. The number of aromatic nitrogens is 2. The van der Waals surface area contributed by atoms with Crippen molar-refractivity contribution < 1.29 is 4.74 Å². The molecule has 3 nitrogen and oxygen atoms in total. The summed E-state index contributed by atoms with van der Waals surface area (Å²) in [6.07, 6.45) is 5.50. The molecule has 1 fully saturated rings. The fourth-order valence-corrected chi connectivity index (χ4v) is 2.77. The van der Waals surface area contributed by atoms with Crippen LogP contribution in [0.15, 0.2) is 10.7 Å². The SMILES string of the molecule is CC(C)c1c(Br)cnn1C1CCCCO1. The van der Waals surface area contributed by atoms with Crippen LogP contribution in [-0.2, 0) is 4.74 Å². The molecule has 1 aromatic rings. The maximum atomic E-state index is 5.75. The van der Waals surface area contributed by atoms with E-state index in [-0.39, 0.29) is 6.23 Å². The number of nitrogens with zero attached hydrogens (tertiary/aromatic N) is 2. The van der Waals surface area contributed by atoms with Gasteiger partial charge in [0, 0.05) is 6.61 Å². The van der Waals surface area contributed by atoms with Crippen LogP contribution in [0.5, 0.6) is 0 Å². The monoisotopic (exact) mass is 272 g/mol. The van der Waals surface area contributed by atoms with Gasteiger partial charge in [0.15, 0.2) is 6.23 Å². The minimum Gasteiger partial charge on any atom is -0.357 e. The summed E-state index contributed by atoms with van der Waals surface area (Å²) in [5, 5.41) is 4.41. The largest absolute Gasteiger partial charge is 0.357 e. The lowest BCUT2D eigenvalue weighted by atomic mass is 10.1. The van der Waals surface area contributed by atoms with Gasteiger partial charge in [0.1, 0.15) is 0 Å². The third kappa shape index (κ3) is 2.26. The van der Waals surface area contributed by atoms with E-state index in [1.807, 2.05) is 10.9 Å². The van der Waals surface area contributed by atoms with Crippen LogP contribution >= 0.6 is 15.9 Å². The molecule has 0 spiro atoms. The summed E-state index contributed by atoms with van der Waals surface area (Å²) in [4.78, 5) is 0. The zero-order chi connectivity index (χ0) is 10.8. The van der Waals surface area contributed by atoms with E-state index in [0.717, 1.165) is 17.5 Å². The zero-order valence-electron chi connectivity index (χ0n) is 9.24. The van der Waals surface area contributed by atoms with Crippen LogP contribution in [0.2, 0.25) is 0 Å². The van der Waals surface area contributed by atoms with Crippen LogP contribution in [0.1, 0.15) is 50.9 Å². The Balaban J connectivity index is 2.26. The molecule has 1 saturated heterocycles. The van der Waals surface area contributed by atoms with Crippen LogP contribution in [0, 0.1) is 0 Å². The van der Waals surface area contributed by atoms with E-state index >= 15 is 0 Å². The van der Waals surface area contributed by atoms with Crippen molar-refractivity contribution in [2.24, 2.45) is 0 Å². The van der Waals surface area contributed by atoms with Gasteiger partial charge in [-0.15, -0.1) is 0 Å². The minimum atomic E-state index is 0.141. The molecule has 1 atom stereocenters. The topological polar surface area (TPSA) is 27.1 Å². The van der Waals surface area contributed by atoms with Crippen LogP contribution in [0.25, 0.3) is 0 Å². The molecule has 0 amide bonds. The maximum Gasteiger partial charge on any atom is 0.150 e. The minimum absolute atomic E-state index is 0.141. The fourth-order valence-electron chi connectivity index (χ4n) is 2.04. The molecule has 2 heterocycles. The molecule has 0 N–H and O–H groups in total. The van der Waals surface area contributed by atoms with Gasteiger partial charge in [0.2, 0.25) is 0 Å². The van der Waals surface area contributed by atoms with Gasteiger partial charge in [-0.2, -0.15) is 5.10 Å². The molecule has 0 bridgehead atoms. The first-order valence-corrected chi connectivity index (χ1v) is 6.34. The lowest BCUT2D eigenvalue weighted by Crippen LogP contribution is -2.21. The Kier molecular flexibility index (Phi) is 3.46. The first-order valence-electron chi connectivity index (χ1n) is 5.54. The first-order chi connectivity index (χ1) is 7.20. The summed E-state index contributed by atoms with van der Waals surface area (Å²) in [7, 11) is 0. The molecule has 1 aliphatic rings. The highest BCUT2D eigenvalue weighted by Crippen LogP contribution is 2.30. The Morgan fingerprint density at radius 2 is 2.33 bits per heavy atom. The van der Waals surface area contributed by atoms with Gasteiger partial charge >= 0.3 is 0 Å². The average molecular weight is 273 g/mol. The number of halogens is 1. The average Bonchev–Trinajstić information content (AvgIpc) is 2.61. The lowest BCUT2D eigenvalue weighted by Gasteiger charge is -2.25. The van der Waals surface area contributed by atoms with E-state index in [0.29, 0.717) is 5.92 Å². The Hall–Kier alpha value is -0.350. The van der Waals surface area contributed by atoms with E-state index in [1.165, 1.54) is 18.5 Å². The highest BCUT2D eigenvalue weighted by Gasteiger charge is 2.22. The molecule has 15 heavy (non-hydrogen) atoms. The number of ether oxygens (including phenoxy) is 1. The van der Waals surface area contributed by atoms with Crippen molar-refractivity contribution in [2.75, 3.05) is 6.61 Å². The van der Waals surface area contributed by atoms with Crippen LogP contribution in [0.3, 0.4) is 0 Å². The van der Waals surface area contributed by atoms with Gasteiger partial charge in [0.25, 0.3) is 0 Å². The predicted molar refractivity (Wildman–Crippen MR) is 62.9 cm³/mol. The molecule has 2 rings (SSSR count). The van der Waals surface area contributed by atoms with E-state index < -0.39 is 0 Å². The zero-order valence-corrected chi connectivity index (χ0v) is 10.8. The molecular formula is C11H17BrN2O. The number of hydrogen-bond donors (Lipinski definition) is 0. The molecule has 0 radical (unpaired) electrons. The van der Waals surface area contributed by atoms with E-state index in [9.17, 15) is 0 Å². The summed E-state index contributed by atoms with van der Waals surface area (Å²) in [6.45, 7) is 5.22. The highest BCUT2D eigenvalue weighted by atomic mass is 79.9. The molecule has 1 unspecified atom stereocenters. The molecule has 1 aromatic heterocycles. The smallest absolute Gasteiger partial charge is 0.150 e. The van der Waals surface area contributed by atoms with Crippen molar-refractivity contribution in [3.63, 3.8) is 0 Å². The van der Waals surface area contributed by atoms with Crippen molar-refractivity contribution in [3.8, 4) is 0 Å². The van der Waals surface area contributed by atoms with Crippen molar-refractivity contribution >= 4 is 15.9 Å². The third-order valence-corrected chi connectivity index (χ3v) is 3.37. The summed E-state index contributed by atoms with van der Waals surface area (Å²) in [5.41, 5.74) is 1.24. The van der Waals surface area contributed by atoms with E-state index in [1.54, 1.807) is 0 Å². The van der Waals surface area contributed by atoms with Gasteiger partial charge in [-0.05, 0) is 41.1 Å². The first kappa shape index (κ1) is 11.1. The van der Waals surface area contributed by atoms with Gasteiger partial charge in [0.05, 0.1) is 16.4 Å². The Bertz CT molecular complexity index is 329. The Labute approximate surface area is 98.9 Å². The molecule has 4 heteroatoms. The van der Waals surface area contributed by atoms with E-state index in [2.05, 4.69) is 34.9 Å². The Morgan fingerprint density at radius 1 is 1.53 bits per heavy atom. The normalized spacial score (nSPS) is 22.3. The molecular weight excluding hydrogens is 256 g/mol. The second-order valence-electron chi connectivity index (χ2n) is 4.30. The van der Waals surface area contributed by atoms with Gasteiger partial charge < -0.3 is 4.74 Å². The predicted octanol–water partition coefficient (Wildman–Crippen LogP) is 3.47. The molecule has 84 valence electrons. The van der Waals surface area contributed by atoms with Crippen LogP contribution in [-0.4, -0.2) is 16.4 Å². The second kappa shape index (κ2) is 4.66. The standard InChI is InChI=1S/C11H17BrN2O/c1-8(2)11-9(12)7-13-14(11)10-5-3-4-6-15-10/h7-8,10H,3-6H2,1-2H3. The summed E-state index contributed by atoms with van der Waals surface area (Å²) >= 11 is 3.55. The maximum absolute atomic E-state index is 5.75. The van der Waals surface area contributed by atoms with Crippen molar-refractivity contribution in [2.45, 2.75) is 45.3 Å². The number of hydrogen-bond acceptors (Lipinski definition) is 2. The fraction of sp³-hybridized carbons (Fsp3) is 0.727. The second-order valence-corrected chi connectivity index (χ2v) is 5.15. The van der Waals surface area contributed by atoms with Crippen molar-refractivity contribution in [1.82, 2.24) is 9.78 Å². The highest BCUT2D eigenvalue weighted by molar-refractivity contribution is 9.10. The van der Waals surface area contributed by atoms with Gasteiger partial charge in [-0.1, -0.05) is 13.8 Å². The molecule has 0 aliphatic carbocycles. The van der Waals surface area contributed by atoms with Gasteiger partial charge in [-0.25, -0.2) is 4.68 Å². The van der Waals surface area contributed by atoms with Crippen LogP contribution in [0.4, 0.5) is 0 Å². The summed E-state index contributed by atoms with van der Waals surface area (Å²) < 4.78 is 8.87. The third-order valence-electron chi connectivity index (χ3n) is 2.76. The van der Waals surface area contributed by atoms with Crippen molar-refractivity contribution in [3.05, 3.63) is 16.4 Å².